The molecule has 0 radical (unpaired) electrons. The van der Waals surface area contributed by atoms with Crippen molar-refractivity contribution in [1.82, 2.24) is 15.6 Å². The Balaban J connectivity index is 1.50. The summed E-state index contributed by atoms with van der Waals surface area (Å²) < 4.78 is 11.7. The number of benzene rings is 2. The number of amides is 2. The molecule has 2 amide bonds. The topological polar surface area (TPSA) is 92.5 Å². The molecule has 7 nitrogen and oxygen atoms in total. The van der Waals surface area contributed by atoms with E-state index in [1.54, 1.807) is 0 Å². The van der Waals surface area contributed by atoms with Crippen molar-refractivity contribution in [2.45, 2.75) is 52.3 Å². The van der Waals surface area contributed by atoms with E-state index in [0.717, 1.165) is 45.5 Å². The molecule has 2 atom stereocenters. The van der Waals surface area contributed by atoms with Crippen LogP contribution in [0.2, 0.25) is 0 Å². The number of aromatic nitrogens is 1. The van der Waals surface area contributed by atoms with Crippen LogP contribution in [-0.4, -0.2) is 35.6 Å². The van der Waals surface area contributed by atoms with Gasteiger partial charge in [-0.1, -0.05) is 18.2 Å². The summed E-state index contributed by atoms with van der Waals surface area (Å²) in [6.07, 6.45) is 3.25. The predicted octanol–water partition coefficient (Wildman–Crippen LogP) is 3.25. The first kappa shape index (κ1) is 21.7. The van der Waals surface area contributed by atoms with Crippen LogP contribution in [0.25, 0.3) is 10.9 Å². The zero-order chi connectivity index (χ0) is 22.7. The van der Waals surface area contributed by atoms with E-state index in [-0.39, 0.29) is 24.5 Å². The molecule has 0 aliphatic carbocycles. The maximum Gasteiger partial charge on any atom is 0.243 e. The molecule has 7 heteroatoms. The van der Waals surface area contributed by atoms with Crippen LogP contribution >= 0.6 is 0 Å². The lowest BCUT2D eigenvalue weighted by Gasteiger charge is -2.19. The van der Waals surface area contributed by atoms with Gasteiger partial charge in [-0.3, -0.25) is 9.59 Å². The molecule has 2 aromatic carbocycles. The zero-order valence-electron chi connectivity index (χ0n) is 18.7. The van der Waals surface area contributed by atoms with Gasteiger partial charge in [0.2, 0.25) is 11.8 Å². The van der Waals surface area contributed by atoms with Crippen LogP contribution < -0.4 is 20.1 Å². The SMILES string of the molecule is CCOc1cc2c(cc1CNC(=O)[C@H](Cc1c[nH]c3ccccc13)NC(C)=O)O[C@@H](C)C2. The van der Waals surface area contributed by atoms with Gasteiger partial charge < -0.3 is 25.1 Å². The van der Waals surface area contributed by atoms with Gasteiger partial charge in [0.15, 0.2) is 0 Å². The van der Waals surface area contributed by atoms with E-state index >= 15 is 0 Å². The lowest BCUT2D eigenvalue weighted by molar-refractivity contribution is -0.128. The number of hydrogen-bond acceptors (Lipinski definition) is 4. The Morgan fingerprint density at radius 1 is 1.25 bits per heavy atom. The fourth-order valence-corrected chi connectivity index (χ4v) is 4.19. The smallest absolute Gasteiger partial charge is 0.243 e. The van der Waals surface area contributed by atoms with Crippen molar-refractivity contribution in [2.24, 2.45) is 0 Å². The molecule has 0 fully saturated rings. The number of hydrogen-bond donors (Lipinski definition) is 3. The van der Waals surface area contributed by atoms with Crippen molar-refractivity contribution < 1.29 is 19.1 Å². The van der Waals surface area contributed by atoms with E-state index in [1.807, 2.05) is 56.4 Å². The molecule has 0 saturated carbocycles. The Bertz CT molecular complexity index is 1140. The number of H-pyrrole nitrogens is 1. The number of aromatic amines is 1. The van der Waals surface area contributed by atoms with Crippen molar-refractivity contribution in [2.75, 3.05) is 6.61 Å². The Hall–Kier alpha value is -3.48. The molecule has 1 aliphatic heterocycles. The minimum absolute atomic E-state index is 0.129. The van der Waals surface area contributed by atoms with Crippen LogP contribution in [0.3, 0.4) is 0 Å². The number of para-hydroxylation sites is 1. The maximum atomic E-state index is 13.1. The molecule has 3 aromatic rings. The zero-order valence-corrected chi connectivity index (χ0v) is 18.7. The third-order valence-electron chi connectivity index (χ3n) is 5.63. The van der Waals surface area contributed by atoms with Crippen molar-refractivity contribution in [3.63, 3.8) is 0 Å². The first-order chi connectivity index (χ1) is 15.4. The monoisotopic (exact) mass is 435 g/mol. The number of carbonyl (C=O) groups excluding carboxylic acids is 2. The molecule has 32 heavy (non-hydrogen) atoms. The van der Waals surface area contributed by atoms with Gasteiger partial charge >= 0.3 is 0 Å². The number of nitrogens with one attached hydrogen (secondary N) is 3. The van der Waals surface area contributed by atoms with E-state index in [9.17, 15) is 9.59 Å². The molecule has 3 N–H and O–H groups in total. The highest BCUT2D eigenvalue weighted by Gasteiger charge is 2.24. The minimum Gasteiger partial charge on any atom is -0.494 e. The molecule has 1 aliphatic rings. The molecule has 168 valence electrons. The number of rotatable bonds is 8. The largest absolute Gasteiger partial charge is 0.494 e. The predicted molar refractivity (Wildman–Crippen MR) is 123 cm³/mol. The molecule has 4 rings (SSSR count). The van der Waals surface area contributed by atoms with Gasteiger partial charge in [0.25, 0.3) is 0 Å². The molecular weight excluding hydrogens is 406 g/mol. The molecule has 0 bridgehead atoms. The maximum absolute atomic E-state index is 13.1. The van der Waals surface area contributed by atoms with Crippen molar-refractivity contribution in [1.29, 1.82) is 0 Å². The van der Waals surface area contributed by atoms with Crippen LogP contribution in [0.15, 0.2) is 42.6 Å². The highest BCUT2D eigenvalue weighted by atomic mass is 16.5. The van der Waals surface area contributed by atoms with E-state index in [1.165, 1.54) is 6.92 Å². The molecule has 2 heterocycles. The Morgan fingerprint density at radius 3 is 2.84 bits per heavy atom. The summed E-state index contributed by atoms with van der Waals surface area (Å²) in [5.74, 6) is 1.09. The van der Waals surface area contributed by atoms with Crippen molar-refractivity contribution >= 4 is 22.7 Å². The van der Waals surface area contributed by atoms with E-state index < -0.39 is 6.04 Å². The van der Waals surface area contributed by atoms with Gasteiger partial charge in [0.05, 0.1) is 6.61 Å². The Morgan fingerprint density at radius 2 is 2.06 bits per heavy atom. The highest BCUT2D eigenvalue weighted by Crippen LogP contribution is 2.35. The fourth-order valence-electron chi connectivity index (χ4n) is 4.19. The number of carbonyl (C=O) groups is 2. The molecule has 0 unspecified atom stereocenters. The van der Waals surface area contributed by atoms with Crippen molar-refractivity contribution in [3.05, 3.63) is 59.3 Å². The average molecular weight is 436 g/mol. The standard InChI is InChI=1S/C25H29N3O4/c1-4-31-23-11-17-9-15(2)32-24(17)12-19(23)14-27-25(30)22(28-16(3)29)10-18-13-26-21-8-6-5-7-20(18)21/h5-8,11-13,15,22,26H,4,9-10,14H2,1-3H3,(H,27,30)(H,28,29)/t15-,22-/m0/s1. The lowest BCUT2D eigenvalue weighted by Crippen LogP contribution is -2.47. The first-order valence-electron chi connectivity index (χ1n) is 11.0. The van der Waals surface area contributed by atoms with E-state index in [2.05, 4.69) is 15.6 Å². The Labute approximate surface area is 187 Å². The van der Waals surface area contributed by atoms with Crippen LogP contribution in [0.5, 0.6) is 11.5 Å². The van der Waals surface area contributed by atoms with Crippen LogP contribution in [0, 0.1) is 0 Å². The molecule has 0 saturated heterocycles. The van der Waals surface area contributed by atoms with Gasteiger partial charge in [-0.25, -0.2) is 0 Å². The van der Waals surface area contributed by atoms with Crippen LogP contribution in [-0.2, 0) is 29.0 Å². The normalized spacial score (nSPS) is 15.7. The summed E-state index contributed by atoms with van der Waals surface area (Å²) in [5, 5.41) is 6.79. The quantitative estimate of drug-likeness (QED) is 0.506. The number of ether oxygens (including phenoxy) is 2. The molecule has 0 spiro atoms. The van der Waals surface area contributed by atoms with Crippen LogP contribution in [0.4, 0.5) is 0 Å². The van der Waals surface area contributed by atoms with Gasteiger partial charge in [0.1, 0.15) is 23.6 Å². The first-order valence-corrected chi connectivity index (χ1v) is 11.0. The summed E-state index contributed by atoms with van der Waals surface area (Å²) in [5.41, 5.74) is 3.94. The fraction of sp³-hybridized carbons (Fsp3) is 0.360. The second-order valence-corrected chi connectivity index (χ2v) is 8.17. The summed E-state index contributed by atoms with van der Waals surface area (Å²) in [6.45, 7) is 6.20. The second-order valence-electron chi connectivity index (χ2n) is 8.17. The summed E-state index contributed by atoms with van der Waals surface area (Å²) in [7, 11) is 0. The summed E-state index contributed by atoms with van der Waals surface area (Å²) in [6, 6.07) is 11.2. The third-order valence-corrected chi connectivity index (χ3v) is 5.63. The van der Waals surface area contributed by atoms with Gasteiger partial charge in [-0.05, 0) is 37.6 Å². The second kappa shape index (κ2) is 9.34. The van der Waals surface area contributed by atoms with Gasteiger partial charge in [0, 0.05) is 54.5 Å². The molecule has 1 aromatic heterocycles. The van der Waals surface area contributed by atoms with Gasteiger partial charge in [-0.15, -0.1) is 0 Å². The van der Waals surface area contributed by atoms with E-state index in [0.29, 0.717) is 13.0 Å². The van der Waals surface area contributed by atoms with E-state index in [4.69, 9.17) is 9.47 Å². The number of fused-ring (bicyclic) bond motifs is 2. The van der Waals surface area contributed by atoms with Crippen LogP contribution in [0.1, 0.15) is 37.5 Å². The average Bonchev–Trinajstić information content (AvgIpc) is 3.33. The lowest BCUT2D eigenvalue weighted by atomic mass is 10.0. The minimum atomic E-state index is -0.687. The molecular formula is C25H29N3O4. The summed E-state index contributed by atoms with van der Waals surface area (Å²) in [4.78, 5) is 28.1. The Kier molecular flexibility index (Phi) is 6.35. The summed E-state index contributed by atoms with van der Waals surface area (Å²) >= 11 is 0. The van der Waals surface area contributed by atoms with Gasteiger partial charge in [-0.2, -0.15) is 0 Å². The van der Waals surface area contributed by atoms with Crippen molar-refractivity contribution in [3.8, 4) is 11.5 Å². The highest BCUT2D eigenvalue weighted by molar-refractivity contribution is 5.89. The third kappa shape index (κ3) is 4.72.